The summed E-state index contributed by atoms with van der Waals surface area (Å²) in [4.78, 5) is 23.8. The molecule has 0 aromatic heterocycles. The van der Waals surface area contributed by atoms with Crippen LogP contribution in [-0.2, 0) is 20.0 Å². The van der Waals surface area contributed by atoms with Gasteiger partial charge in [0.05, 0.1) is 11.5 Å². The van der Waals surface area contributed by atoms with Crippen molar-refractivity contribution in [2.75, 3.05) is 31.2 Å². The molecular weight excluding hydrogens is 437 g/mol. The van der Waals surface area contributed by atoms with E-state index in [9.17, 15) is 31.2 Å². The smallest absolute Gasteiger partial charge is 0.324 e. The van der Waals surface area contributed by atoms with Crippen LogP contribution in [0.4, 0.5) is 18.0 Å². The molecule has 1 aliphatic heterocycles. The van der Waals surface area contributed by atoms with E-state index in [-0.39, 0.29) is 42.7 Å². The lowest BCUT2D eigenvalue weighted by atomic mass is 9.98. The van der Waals surface area contributed by atoms with Gasteiger partial charge in [0.25, 0.3) is 6.43 Å². The first-order chi connectivity index (χ1) is 14.6. The average Bonchev–Trinajstić information content (AvgIpc) is 3.37. The monoisotopic (exact) mass is 460 g/mol. The van der Waals surface area contributed by atoms with Crippen molar-refractivity contribution in [3.63, 3.8) is 0 Å². The highest BCUT2D eigenvalue weighted by Crippen LogP contribution is 2.50. The third-order valence-electron chi connectivity index (χ3n) is 5.21. The lowest BCUT2D eigenvalue weighted by Gasteiger charge is -2.17. The molecule has 11 heteroatoms. The number of imide groups is 1. The molecule has 1 saturated heterocycles. The van der Waals surface area contributed by atoms with Crippen LogP contribution in [0, 0.1) is 5.82 Å². The third-order valence-corrected chi connectivity index (χ3v) is 7.06. The molecule has 170 valence electrons. The minimum absolute atomic E-state index is 0.0231. The Kier molecular flexibility index (Phi) is 6.93. The van der Waals surface area contributed by atoms with Crippen molar-refractivity contribution in [1.29, 1.82) is 0 Å². The minimum Gasteiger partial charge on any atom is -0.485 e. The zero-order chi connectivity index (χ0) is 22.6. The fraction of sp³-hybridized carbons (Fsp3) is 0.500. The number of alkyl halides is 2. The molecule has 1 aliphatic carbocycles. The summed E-state index contributed by atoms with van der Waals surface area (Å²) >= 11 is 0. The number of hydrogen-bond donors (Lipinski definition) is 1. The van der Waals surface area contributed by atoms with Gasteiger partial charge in [-0.3, -0.25) is 10.1 Å². The van der Waals surface area contributed by atoms with E-state index in [1.165, 1.54) is 17.0 Å². The van der Waals surface area contributed by atoms with Crippen LogP contribution >= 0.6 is 0 Å². The summed E-state index contributed by atoms with van der Waals surface area (Å²) in [6, 6.07) is 3.40. The number of halogens is 3. The number of carbonyl (C=O) groups is 2. The first-order valence-electron chi connectivity index (χ1n) is 9.75. The normalized spacial score (nSPS) is 18.1. The molecule has 1 saturated carbocycles. The van der Waals surface area contributed by atoms with Gasteiger partial charge in [0.2, 0.25) is 5.91 Å². The maximum absolute atomic E-state index is 13.8. The van der Waals surface area contributed by atoms with Gasteiger partial charge in [-0.1, -0.05) is 18.2 Å². The Morgan fingerprint density at radius 2 is 1.97 bits per heavy atom. The number of carbonyl (C=O) groups excluding carboxylic acids is 2. The summed E-state index contributed by atoms with van der Waals surface area (Å²) in [5.74, 6) is -1.70. The molecular formula is C20H23F3N2O5S. The molecule has 3 rings (SSSR count). The van der Waals surface area contributed by atoms with Gasteiger partial charge in [0.1, 0.15) is 13.2 Å². The van der Waals surface area contributed by atoms with Crippen molar-refractivity contribution in [2.24, 2.45) is 0 Å². The van der Waals surface area contributed by atoms with Crippen LogP contribution in [0.1, 0.15) is 24.8 Å². The van der Waals surface area contributed by atoms with Crippen LogP contribution < -0.4 is 10.1 Å². The number of nitrogens with zero attached hydrogens (tertiary/aromatic N) is 1. The Morgan fingerprint density at radius 1 is 1.23 bits per heavy atom. The molecule has 31 heavy (non-hydrogen) atoms. The number of urea groups is 1. The molecule has 1 heterocycles. The Labute approximate surface area is 178 Å². The molecule has 3 amide bonds. The molecule has 1 aromatic rings. The summed E-state index contributed by atoms with van der Waals surface area (Å²) in [5.41, 5.74) is -0.102. The SMILES string of the molecule is O=C1CN(C/C=C/CCS(=O)(=O)CC2(c3ccc(F)c(OCC(F)F)c3)CC2)C(=O)N1. The summed E-state index contributed by atoms with van der Waals surface area (Å²) in [6.45, 7) is -0.755. The quantitative estimate of drug-likeness (QED) is 0.405. The van der Waals surface area contributed by atoms with Crippen molar-refractivity contribution >= 4 is 21.8 Å². The lowest BCUT2D eigenvalue weighted by molar-refractivity contribution is -0.118. The molecule has 0 spiro atoms. The fourth-order valence-corrected chi connectivity index (χ4v) is 5.39. The van der Waals surface area contributed by atoms with Crippen LogP contribution in [-0.4, -0.2) is 62.9 Å². The highest BCUT2D eigenvalue weighted by Gasteiger charge is 2.47. The zero-order valence-electron chi connectivity index (χ0n) is 16.7. The fourth-order valence-electron chi connectivity index (χ4n) is 3.45. The van der Waals surface area contributed by atoms with Gasteiger partial charge in [-0.05, 0) is 37.0 Å². The van der Waals surface area contributed by atoms with Crippen molar-refractivity contribution < 1.29 is 35.9 Å². The van der Waals surface area contributed by atoms with Crippen LogP contribution in [0.15, 0.2) is 30.4 Å². The number of amides is 3. The van der Waals surface area contributed by atoms with Gasteiger partial charge < -0.3 is 9.64 Å². The number of benzene rings is 1. The molecule has 0 radical (unpaired) electrons. The molecule has 0 atom stereocenters. The minimum atomic E-state index is -3.45. The Balaban J connectivity index is 1.54. The second-order valence-electron chi connectivity index (χ2n) is 7.71. The first kappa shape index (κ1) is 23.1. The van der Waals surface area contributed by atoms with Crippen LogP contribution in [0.5, 0.6) is 5.75 Å². The third kappa shape index (κ3) is 6.22. The number of sulfone groups is 1. The second-order valence-corrected chi connectivity index (χ2v) is 9.90. The topological polar surface area (TPSA) is 92.8 Å². The van der Waals surface area contributed by atoms with Gasteiger partial charge in [-0.2, -0.15) is 0 Å². The van der Waals surface area contributed by atoms with Crippen molar-refractivity contribution in [3.05, 3.63) is 41.7 Å². The first-order valence-corrected chi connectivity index (χ1v) is 11.6. The van der Waals surface area contributed by atoms with E-state index in [1.807, 2.05) is 0 Å². The molecule has 1 N–H and O–H groups in total. The van der Waals surface area contributed by atoms with E-state index in [0.29, 0.717) is 18.4 Å². The van der Waals surface area contributed by atoms with Gasteiger partial charge in [-0.25, -0.2) is 26.4 Å². The van der Waals surface area contributed by atoms with Crippen LogP contribution in [0.2, 0.25) is 0 Å². The second kappa shape index (κ2) is 9.29. The standard InChI is InChI=1S/C20H23F3N2O5S/c21-15-5-4-14(10-16(15)30-12-17(22)23)20(6-7-20)13-31(28,29)9-3-1-2-8-25-11-18(26)24-19(25)27/h1-2,4-5,10,17H,3,6-9,11-13H2,(H,24,26,27)/b2-1+. The summed E-state index contributed by atoms with van der Waals surface area (Å²) in [5, 5.41) is 2.15. The predicted octanol–water partition coefficient (Wildman–Crippen LogP) is 2.41. The summed E-state index contributed by atoms with van der Waals surface area (Å²) < 4.78 is 68.5. The van der Waals surface area contributed by atoms with E-state index in [2.05, 4.69) is 5.32 Å². The number of hydrogen-bond acceptors (Lipinski definition) is 5. The van der Waals surface area contributed by atoms with Gasteiger partial charge in [0, 0.05) is 12.0 Å². The predicted molar refractivity (Wildman–Crippen MR) is 106 cm³/mol. The molecule has 0 bridgehead atoms. The van der Waals surface area contributed by atoms with Crippen LogP contribution in [0.25, 0.3) is 0 Å². The maximum atomic E-state index is 13.8. The number of nitrogens with one attached hydrogen (secondary N) is 1. The van der Waals surface area contributed by atoms with Crippen molar-refractivity contribution in [3.8, 4) is 5.75 Å². The van der Waals surface area contributed by atoms with E-state index in [4.69, 9.17) is 4.74 Å². The highest BCUT2D eigenvalue weighted by atomic mass is 32.2. The average molecular weight is 460 g/mol. The Morgan fingerprint density at radius 3 is 2.58 bits per heavy atom. The van der Waals surface area contributed by atoms with E-state index in [0.717, 1.165) is 6.07 Å². The van der Waals surface area contributed by atoms with E-state index in [1.54, 1.807) is 12.2 Å². The zero-order valence-corrected chi connectivity index (χ0v) is 17.5. The molecule has 7 nitrogen and oxygen atoms in total. The number of rotatable bonds is 11. The molecule has 2 fully saturated rings. The molecule has 1 aromatic carbocycles. The van der Waals surface area contributed by atoms with Crippen LogP contribution in [0.3, 0.4) is 0 Å². The molecule has 2 aliphatic rings. The molecule has 0 unspecified atom stereocenters. The van der Waals surface area contributed by atoms with Gasteiger partial charge in [0.15, 0.2) is 21.4 Å². The van der Waals surface area contributed by atoms with Gasteiger partial charge >= 0.3 is 6.03 Å². The Bertz CT molecular complexity index is 977. The summed E-state index contributed by atoms with van der Waals surface area (Å²) in [7, 11) is -3.45. The highest BCUT2D eigenvalue weighted by molar-refractivity contribution is 7.91. The van der Waals surface area contributed by atoms with E-state index >= 15 is 0 Å². The Hall–Kier alpha value is -2.56. The van der Waals surface area contributed by atoms with E-state index < -0.39 is 40.1 Å². The number of ether oxygens (including phenoxy) is 1. The summed E-state index contributed by atoms with van der Waals surface area (Å²) in [6.07, 6.45) is 1.97. The van der Waals surface area contributed by atoms with Crippen molar-refractivity contribution in [1.82, 2.24) is 10.2 Å². The maximum Gasteiger partial charge on any atom is 0.324 e. The number of allylic oxidation sites excluding steroid dienone is 1. The van der Waals surface area contributed by atoms with Gasteiger partial charge in [-0.15, -0.1) is 0 Å². The largest absolute Gasteiger partial charge is 0.485 e. The lowest BCUT2D eigenvalue weighted by Crippen LogP contribution is -2.28. The van der Waals surface area contributed by atoms with Crippen molar-refractivity contribution in [2.45, 2.75) is 31.1 Å².